The molecule has 3 heterocycles. The molecule has 1 fully saturated rings. The van der Waals surface area contributed by atoms with Crippen LogP contribution in [-0.2, 0) is 0 Å². The van der Waals surface area contributed by atoms with Crippen molar-refractivity contribution >= 4 is 17.6 Å². The number of nitrogens with two attached hydrogens (primary N) is 2. The fourth-order valence-electron chi connectivity index (χ4n) is 5.00. The summed E-state index contributed by atoms with van der Waals surface area (Å²) >= 11 is 0. The zero-order valence-electron chi connectivity index (χ0n) is 21.7. The topological polar surface area (TPSA) is 132 Å². The molecule has 2 amide bonds. The number of nitrogens with zero attached hydrogens (tertiary/aromatic N) is 4. The quantitative estimate of drug-likeness (QED) is 0.301. The van der Waals surface area contributed by atoms with Crippen LogP contribution in [0.2, 0.25) is 0 Å². The van der Waals surface area contributed by atoms with Crippen LogP contribution in [0.5, 0.6) is 0 Å². The largest absolute Gasteiger partial charge is 0.368 e. The number of primary amides is 1. The van der Waals surface area contributed by atoms with Crippen molar-refractivity contribution in [3.63, 3.8) is 0 Å². The van der Waals surface area contributed by atoms with Gasteiger partial charge in [-0.2, -0.15) is 0 Å². The molecule has 9 heteroatoms. The van der Waals surface area contributed by atoms with Gasteiger partial charge in [-0.15, -0.1) is 0 Å². The van der Waals surface area contributed by atoms with E-state index in [1.807, 2.05) is 61.7 Å². The Morgan fingerprint density at radius 2 is 1.77 bits per heavy atom. The van der Waals surface area contributed by atoms with Crippen LogP contribution in [0.3, 0.4) is 0 Å². The number of anilines is 1. The number of piperidine rings is 1. The molecular formula is C30H31N7O2. The maximum Gasteiger partial charge on any atom is 0.269 e. The molecule has 0 bridgehead atoms. The van der Waals surface area contributed by atoms with E-state index in [0.717, 1.165) is 36.9 Å². The molecule has 5 N–H and O–H groups in total. The lowest BCUT2D eigenvalue weighted by molar-refractivity contribution is 0.0990. The minimum absolute atomic E-state index is 0.0593. The summed E-state index contributed by atoms with van der Waals surface area (Å²) in [5, 5.41) is 2.85. The van der Waals surface area contributed by atoms with Gasteiger partial charge in [-0.3, -0.25) is 9.59 Å². The third-order valence-electron chi connectivity index (χ3n) is 6.88. The van der Waals surface area contributed by atoms with E-state index >= 15 is 0 Å². The summed E-state index contributed by atoms with van der Waals surface area (Å²) in [6.45, 7) is 2.85. The second-order valence-corrected chi connectivity index (χ2v) is 9.46. The summed E-state index contributed by atoms with van der Waals surface area (Å²) in [4.78, 5) is 36.6. The zero-order chi connectivity index (χ0) is 27.4. The molecule has 1 atom stereocenters. The standard InChI is InChI=1S/C30H31N7O2/c1-2-17-36-18-7-6-10-24(36)29-35-26(27(28(31)38)37(29)32)21-11-13-22(14-12-21)30(39)34-25-19-23(15-16-33-25)20-8-4-3-5-9-20/h2-5,8-9,11-17,19,24H,6-7,10,18,32H2,1H3,(H2,31,38)(H,33,34,39). The van der Waals surface area contributed by atoms with E-state index in [0.29, 0.717) is 28.5 Å². The Morgan fingerprint density at radius 3 is 2.49 bits per heavy atom. The van der Waals surface area contributed by atoms with Gasteiger partial charge in [0.1, 0.15) is 11.5 Å². The van der Waals surface area contributed by atoms with Crippen molar-refractivity contribution in [3.05, 3.63) is 102 Å². The van der Waals surface area contributed by atoms with Crippen LogP contribution in [0.1, 0.15) is 58.9 Å². The molecule has 2 aromatic carbocycles. The molecule has 2 aromatic heterocycles. The number of carbonyl (C=O) groups is 2. The number of amides is 2. The van der Waals surface area contributed by atoms with Crippen molar-refractivity contribution in [2.24, 2.45) is 5.73 Å². The number of imidazole rings is 1. The number of carbonyl (C=O) groups excluding carboxylic acids is 2. The lowest BCUT2D eigenvalue weighted by Gasteiger charge is -2.34. The molecule has 198 valence electrons. The summed E-state index contributed by atoms with van der Waals surface area (Å²) in [6.07, 6.45) is 8.66. The fourth-order valence-corrected chi connectivity index (χ4v) is 5.00. The number of allylic oxidation sites excluding steroid dienone is 1. The number of benzene rings is 2. The number of aromatic nitrogens is 3. The Kier molecular flexibility index (Phi) is 7.40. The van der Waals surface area contributed by atoms with Gasteiger partial charge < -0.3 is 21.8 Å². The van der Waals surface area contributed by atoms with Crippen LogP contribution in [0.4, 0.5) is 5.82 Å². The molecule has 1 aliphatic heterocycles. The summed E-state index contributed by atoms with van der Waals surface area (Å²) in [7, 11) is 0. The van der Waals surface area contributed by atoms with Gasteiger partial charge in [0.15, 0.2) is 11.5 Å². The van der Waals surface area contributed by atoms with Crippen LogP contribution >= 0.6 is 0 Å². The minimum Gasteiger partial charge on any atom is -0.368 e. The molecule has 4 aromatic rings. The van der Waals surface area contributed by atoms with E-state index < -0.39 is 5.91 Å². The molecule has 1 aliphatic rings. The molecular weight excluding hydrogens is 490 g/mol. The SMILES string of the molecule is CC=CN1CCCCC1c1nc(-c2ccc(C(=O)Nc3cc(-c4ccccc4)ccn3)cc2)c(C(N)=O)n1N. The number of nitrogen functional groups attached to an aromatic ring is 1. The molecule has 9 nitrogen and oxygen atoms in total. The smallest absolute Gasteiger partial charge is 0.269 e. The van der Waals surface area contributed by atoms with Crippen molar-refractivity contribution in [3.8, 4) is 22.4 Å². The normalized spacial score (nSPS) is 15.4. The average molecular weight is 522 g/mol. The minimum atomic E-state index is -0.661. The Balaban J connectivity index is 1.39. The summed E-state index contributed by atoms with van der Waals surface area (Å²) in [5.41, 5.74) is 9.33. The van der Waals surface area contributed by atoms with Gasteiger partial charge in [-0.1, -0.05) is 48.5 Å². The highest BCUT2D eigenvalue weighted by molar-refractivity contribution is 6.04. The Bertz CT molecular complexity index is 1510. The third-order valence-corrected chi connectivity index (χ3v) is 6.88. The Labute approximate surface area is 227 Å². The summed E-state index contributed by atoms with van der Waals surface area (Å²) in [5.74, 6) is 6.45. The van der Waals surface area contributed by atoms with Crippen LogP contribution in [0.25, 0.3) is 22.4 Å². The van der Waals surface area contributed by atoms with Gasteiger partial charge in [0.2, 0.25) is 0 Å². The molecule has 39 heavy (non-hydrogen) atoms. The molecule has 0 saturated carbocycles. The molecule has 0 aliphatic carbocycles. The number of nitrogens with one attached hydrogen (secondary N) is 1. The van der Waals surface area contributed by atoms with E-state index in [1.54, 1.807) is 30.5 Å². The number of hydrogen-bond acceptors (Lipinski definition) is 6. The van der Waals surface area contributed by atoms with Gasteiger partial charge in [-0.25, -0.2) is 14.6 Å². The van der Waals surface area contributed by atoms with Crippen molar-refractivity contribution < 1.29 is 9.59 Å². The van der Waals surface area contributed by atoms with E-state index in [4.69, 9.17) is 16.6 Å². The van der Waals surface area contributed by atoms with Crippen LogP contribution < -0.4 is 16.9 Å². The highest BCUT2D eigenvalue weighted by Gasteiger charge is 2.30. The first-order chi connectivity index (χ1) is 19.0. The van der Waals surface area contributed by atoms with Crippen molar-refractivity contribution in [1.82, 2.24) is 19.5 Å². The van der Waals surface area contributed by atoms with Crippen molar-refractivity contribution in [1.29, 1.82) is 0 Å². The van der Waals surface area contributed by atoms with Crippen LogP contribution in [0, 0.1) is 0 Å². The average Bonchev–Trinajstić information content (AvgIpc) is 3.31. The van der Waals surface area contributed by atoms with Crippen molar-refractivity contribution in [2.45, 2.75) is 32.2 Å². The predicted molar refractivity (Wildman–Crippen MR) is 152 cm³/mol. The number of likely N-dealkylation sites (tertiary alicyclic amines) is 1. The van der Waals surface area contributed by atoms with Crippen LogP contribution in [-0.4, -0.2) is 37.9 Å². The molecule has 0 spiro atoms. The van der Waals surface area contributed by atoms with E-state index in [1.165, 1.54) is 4.68 Å². The zero-order valence-corrected chi connectivity index (χ0v) is 21.7. The van der Waals surface area contributed by atoms with E-state index in [9.17, 15) is 9.59 Å². The first-order valence-corrected chi connectivity index (χ1v) is 13.0. The van der Waals surface area contributed by atoms with E-state index in [-0.39, 0.29) is 17.6 Å². The third kappa shape index (κ3) is 5.38. The summed E-state index contributed by atoms with van der Waals surface area (Å²) in [6, 6.07) is 20.4. The second kappa shape index (κ2) is 11.2. The number of rotatable bonds is 7. The Hall–Kier alpha value is -4.92. The highest BCUT2D eigenvalue weighted by Crippen LogP contribution is 2.33. The molecule has 1 unspecified atom stereocenters. The molecule has 5 rings (SSSR count). The maximum atomic E-state index is 13.0. The molecule has 0 radical (unpaired) electrons. The number of pyridine rings is 1. The Morgan fingerprint density at radius 1 is 1.00 bits per heavy atom. The highest BCUT2D eigenvalue weighted by atomic mass is 16.2. The monoisotopic (exact) mass is 521 g/mol. The molecule has 1 saturated heterocycles. The van der Waals surface area contributed by atoms with Crippen molar-refractivity contribution in [2.75, 3.05) is 17.7 Å². The van der Waals surface area contributed by atoms with Gasteiger partial charge in [0, 0.05) is 23.9 Å². The van der Waals surface area contributed by atoms with Gasteiger partial charge >= 0.3 is 0 Å². The lowest BCUT2D eigenvalue weighted by Crippen LogP contribution is -2.33. The first kappa shape index (κ1) is 25.7. The fraction of sp³-hybridized carbons (Fsp3) is 0.200. The second-order valence-electron chi connectivity index (χ2n) is 9.46. The maximum absolute atomic E-state index is 13.0. The first-order valence-electron chi connectivity index (χ1n) is 13.0. The van der Waals surface area contributed by atoms with Gasteiger partial charge in [-0.05, 0) is 67.8 Å². The number of hydrogen-bond donors (Lipinski definition) is 3. The van der Waals surface area contributed by atoms with E-state index in [2.05, 4.69) is 15.2 Å². The summed E-state index contributed by atoms with van der Waals surface area (Å²) < 4.78 is 1.32. The lowest BCUT2D eigenvalue weighted by atomic mass is 10.0. The predicted octanol–water partition coefficient (Wildman–Crippen LogP) is 4.74. The van der Waals surface area contributed by atoms with Crippen LogP contribution in [0.15, 0.2) is 85.2 Å². The van der Waals surface area contributed by atoms with Gasteiger partial charge in [0.25, 0.3) is 11.8 Å². The van der Waals surface area contributed by atoms with Gasteiger partial charge in [0.05, 0.1) is 6.04 Å².